The smallest absolute Gasteiger partial charge is 0.163 e. The molecular formula is C29H29BrN2O. The standard InChI is InChI=1S/C29H29BrN2O/c1-29(2)18-24-27(26(33)19-29)28(21-11-8-12-22(30)17-21)32(16-15-20-9-4-3-5-10-20)25-14-7-6-13-23(25)31-24/h3-14,17,28,31H,15-16,18-19H2,1-2H3/t28-/m1/s1. The van der Waals surface area contributed by atoms with Crippen molar-refractivity contribution in [2.24, 2.45) is 5.41 Å². The predicted octanol–water partition coefficient (Wildman–Crippen LogP) is 7.31. The van der Waals surface area contributed by atoms with Crippen LogP contribution in [0.2, 0.25) is 0 Å². The van der Waals surface area contributed by atoms with Gasteiger partial charge in [-0.2, -0.15) is 0 Å². The van der Waals surface area contributed by atoms with E-state index in [9.17, 15) is 4.79 Å². The molecule has 4 heteroatoms. The molecule has 3 nitrogen and oxygen atoms in total. The second-order valence-corrected chi connectivity index (χ2v) is 10.8. The van der Waals surface area contributed by atoms with E-state index >= 15 is 0 Å². The number of para-hydroxylation sites is 2. The molecule has 1 aliphatic carbocycles. The number of nitrogens with one attached hydrogen (secondary N) is 1. The van der Waals surface area contributed by atoms with E-state index in [1.807, 2.05) is 6.07 Å². The monoisotopic (exact) mass is 500 g/mol. The molecule has 33 heavy (non-hydrogen) atoms. The number of carbonyl (C=O) groups is 1. The predicted molar refractivity (Wildman–Crippen MR) is 139 cm³/mol. The lowest BCUT2D eigenvalue weighted by molar-refractivity contribution is -0.118. The van der Waals surface area contributed by atoms with Gasteiger partial charge in [0.05, 0.1) is 17.4 Å². The molecule has 0 unspecified atom stereocenters. The van der Waals surface area contributed by atoms with Crippen molar-refractivity contribution in [2.75, 3.05) is 16.8 Å². The Hall–Kier alpha value is -2.85. The number of hydrogen-bond donors (Lipinski definition) is 1. The molecule has 5 rings (SSSR count). The molecule has 0 amide bonds. The molecule has 2 aliphatic rings. The third kappa shape index (κ3) is 4.49. The highest BCUT2D eigenvalue weighted by Gasteiger charge is 2.41. The summed E-state index contributed by atoms with van der Waals surface area (Å²) in [5, 5.41) is 3.70. The van der Waals surface area contributed by atoms with E-state index in [4.69, 9.17) is 0 Å². The molecule has 0 radical (unpaired) electrons. The summed E-state index contributed by atoms with van der Waals surface area (Å²) in [6.45, 7) is 5.19. The number of hydrogen-bond acceptors (Lipinski definition) is 3. The average Bonchev–Trinajstić information content (AvgIpc) is 2.92. The highest BCUT2D eigenvalue weighted by atomic mass is 79.9. The molecule has 168 valence electrons. The highest BCUT2D eigenvalue weighted by Crippen LogP contribution is 2.48. The van der Waals surface area contributed by atoms with Crippen molar-refractivity contribution in [3.8, 4) is 0 Å². The zero-order valence-corrected chi connectivity index (χ0v) is 20.7. The minimum absolute atomic E-state index is 0.0567. The Balaban J connectivity index is 1.68. The van der Waals surface area contributed by atoms with Gasteiger partial charge in [0.15, 0.2) is 5.78 Å². The Kier molecular flexibility index (Phi) is 5.88. The van der Waals surface area contributed by atoms with Crippen LogP contribution in [0.25, 0.3) is 0 Å². The molecule has 1 aliphatic heterocycles. The first-order chi connectivity index (χ1) is 15.9. The SMILES string of the molecule is CC1(C)CC(=O)C2=C(C1)Nc1ccccc1N(CCc1ccccc1)[C@@H]2c1cccc(Br)c1. The van der Waals surface area contributed by atoms with E-state index in [2.05, 4.69) is 113 Å². The number of halogens is 1. The summed E-state index contributed by atoms with van der Waals surface area (Å²) in [4.78, 5) is 16.1. The minimum Gasteiger partial charge on any atom is -0.358 e. The maximum absolute atomic E-state index is 13.7. The van der Waals surface area contributed by atoms with Crippen molar-refractivity contribution in [2.45, 2.75) is 39.2 Å². The van der Waals surface area contributed by atoms with E-state index in [-0.39, 0.29) is 17.2 Å². The van der Waals surface area contributed by atoms with Crippen LogP contribution in [0.5, 0.6) is 0 Å². The molecule has 0 aromatic heterocycles. The first kappa shape index (κ1) is 22.0. The zero-order valence-electron chi connectivity index (χ0n) is 19.1. The van der Waals surface area contributed by atoms with E-state index in [1.54, 1.807) is 0 Å². The summed E-state index contributed by atoms with van der Waals surface area (Å²) < 4.78 is 1.03. The van der Waals surface area contributed by atoms with Gasteiger partial charge in [-0.3, -0.25) is 4.79 Å². The number of rotatable bonds is 4. The van der Waals surface area contributed by atoms with Crippen molar-refractivity contribution in [1.82, 2.24) is 0 Å². The second kappa shape index (κ2) is 8.83. The Morgan fingerprint density at radius 2 is 1.73 bits per heavy atom. The van der Waals surface area contributed by atoms with Crippen LogP contribution < -0.4 is 10.2 Å². The first-order valence-corrected chi connectivity index (χ1v) is 12.4. The fourth-order valence-corrected chi connectivity index (χ4v) is 5.63. The minimum atomic E-state index is -0.138. The van der Waals surface area contributed by atoms with Crippen LogP contribution in [-0.4, -0.2) is 12.3 Å². The largest absolute Gasteiger partial charge is 0.358 e. The second-order valence-electron chi connectivity index (χ2n) is 9.86. The summed E-state index contributed by atoms with van der Waals surface area (Å²) in [7, 11) is 0. The van der Waals surface area contributed by atoms with E-state index in [0.717, 1.165) is 52.1 Å². The van der Waals surface area contributed by atoms with Gasteiger partial charge < -0.3 is 10.2 Å². The highest BCUT2D eigenvalue weighted by molar-refractivity contribution is 9.10. The molecule has 0 spiro atoms. The molecule has 3 aromatic rings. The van der Waals surface area contributed by atoms with Crippen LogP contribution in [0.3, 0.4) is 0 Å². The third-order valence-electron chi connectivity index (χ3n) is 6.65. The fraction of sp³-hybridized carbons (Fsp3) is 0.276. The Morgan fingerprint density at radius 3 is 2.52 bits per heavy atom. The number of allylic oxidation sites excluding steroid dienone is 1. The Morgan fingerprint density at radius 1 is 0.970 bits per heavy atom. The first-order valence-electron chi connectivity index (χ1n) is 11.6. The van der Waals surface area contributed by atoms with Gasteiger partial charge in [0.25, 0.3) is 0 Å². The van der Waals surface area contributed by atoms with Crippen molar-refractivity contribution in [3.63, 3.8) is 0 Å². The quantitative estimate of drug-likeness (QED) is 0.407. The lowest BCUT2D eigenvalue weighted by Crippen LogP contribution is -2.37. The molecular weight excluding hydrogens is 472 g/mol. The summed E-state index contributed by atoms with van der Waals surface area (Å²) >= 11 is 3.66. The lowest BCUT2D eigenvalue weighted by Gasteiger charge is -2.38. The summed E-state index contributed by atoms with van der Waals surface area (Å²) in [6, 6.07) is 27.3. The van der Waals surface area contributed by atoms with Crippen molar-refractivity contribution in [1.29, 1.82) is 0 Å². The van der Waals surface area contributed by atoms with Gasteiger partial charge in [-0.05, 0) is 53.6 Å². The molecule has 0 saturated heterocycles. The van der Waals surface area contributed by atoms with Crippen molar-refractivity contribution < 1.29 is 4.79 Å². The molecule has 1 heterocycles. The van der Waals surface area contributed by atoms with E-state index < -0.39 is 0 Å². The number of ketones is 1. The van der Waals surface area contributed by atoms with E-state index in [1.165, 1.54) is 5.56 Å². The molecule has 0 saturated carbocycles. The van der Waals surface area contributed by atoms with E-state index in [0.29, 0.717) is 6.42 Å². The Bertz CT molecular complexity index is 1220. The van der Waals surface area contributed by atoms with Crippen LogP contribution in [0.4, 0.5) is 11.4 Å². The fourth-order valence-electron chi connectivity index (χ4n) is 5.22. The van der Waals surface area contributed by atoms with Gasteiger partial charge in [-0.25, -0.2) is 0 Å². The molecule has 0 bridgehead atoms. The van der Waals surface area contributed by atoms with Gasteiger partial charge >= 0.3 is 0 Å². The topological polar surface area (TPSA) is 32.3 Å². The van der Waals surface area contributed by atoms with Crippen LogP contribution in [0.15, 0.2) is 94.6 Å². The van der Waals surface area contributed by atoms with Gasteiger partial charge in [-0.15, -0.1) is 0 Å². The molecule has 3 aromatic carbocycles. The van der Waals surface area contributed by atoms with Crippen LogP contribution in [-0.2, 0) is 11.2 Å². The van der Waals surface area contributed by atoms with Crippen LogP contribution in [0.1, 0.15) is 43.9 Å². The average molecular weight is 501 g/mol. The number of carbonyl (C=O) groups excluding carboxylic acids is 1. The van der Waals surface area contributed by atoms with Crippen LogP contribution in [0, 0.1) is 5.41 Å². The van der Waals surface area contributed by atoms with Gasteiger partial charge in [0, 0.05) is 28.7 Å². The lowest BCUT2D eigenvalue weighted by atomic mass is 9.73. The van der Waals surface area contributed by atoms with Gasteiger partial charge in [0.2, 0.25) is 0 Å². The third-order valence-corrected chi connectivity index (χ3v) is 7.15. The number of nitrogens with zero attached hydrogens (tertiary/aromatic N) is 1. The normalized spacial score (nSPS) is 19.4. The number of Topliss-reactive ketones (excluding diaryl/α,β-unsaturated/α-hetero) is 1. The molecule has 0 fully saturated rings. The summed E-state index contributed by atoms with van der Waals surface area (Å²) in [5.74, 6) is 0.247. The van der Waals surface area contributed by atoms with Gasteiger partial charge in [-0.1, -0.05) is 84.4 Å². The number of anilines is 2. The number of benzene rings is 3. The number of fused-ring (bicyclic) bond motifs is 1. The van der Waals surface area contributed by atoms with Crippen molar-refractivity contribution in [3.05, 3.63) is 106 Å². The van der Waals surface area contributed by atoms with Crippen molar-refractivity contribution >= 4 is 33.1 Å². The maximum atomic E-state index is 13.7. The Labute approximate surface area is 204 Å². The molecule has 1 N–H and O–H groups in total. The maximum Gasteiger partial charge on any atom is 0.163 e. The zero-order chi connectivity index (χ0) is 23.0. The van der Waals surface area contributed by atoms with Crippen LogP contribution >= 0.6 is 15.9 Å². The van der Waals surface area contributed by atoms with Gasteiger partial charge in [0.1, 0.15) is 0 Å². The summed E-state index contributed by atoms with van der Waals surface area (Å²) in [6.07, 6.45) is 2.34. The summed E-state index contributed by atoms with van der Waals surface area (Å²) in [5.41, 5.74) is 6.56. The molecule has 1 atom stereocenters.